The van der Waals surface area contributed by atoms with Gasteiger partial charge in [-0.05, 0) is 19.1 Å². The lowest BCUT2D eigenvalue weighted by Crippen LogP contribution is -2.57. The van der Waals surface area contributed by atoms with Gasteiger partial charge in [-0.15, -0.1) is 0 Å². The number of benzene rings is 1. The number of piperazine rings is 1. The van der Waals surface area contributed by atoms with Crippen LogP contribution in [0.5, 0.6) is 0 Å². The number of anilines is 1. The average Bonchev–Trinajstić information content (AvgIpc) is 2.64. The minimum atomic E-state index is -4.18. The van der Waals surface area contributed by atoms with E-state index in [-0.39, 0.29) is 0 Å². The van der Waals surface area contributed by atoms with Crippen molar-refractivity contribution in [2.24, 2.45) is 4.99 Å². The Morgan fingerprint density at radius 3 is 2.35 bits per heavy atom. The predicted molar refractivity (Wildman–Crippen MR) is 99.7 cm³/mol. The summed E-state index contributed by atoms with van der Waals surface area (Å²) < 4.78 is 38.5. The molecular formula is C18H28F3N5. The molecule has 1 saturated heterocycles. The van der Waals surface area contributed by atoms with E-state index in [1.807, 2.05) is 30.1 Å². The number of nitrogens with zero attached hydrogens (tertiary/aromatic N) is 4. The van der Waals surface area contributed by atoms with Crippen LogP contribution in [0.2, 0.25) is 0 Å². The molecule has 26 heavy (non-hydrogen) atoms. The number of halogens is 3. The van der Waals surface area contributed by atoms with E-state index in [0.717, 1.165) is 18.2 Å². The van der Waals surface area contributed by atoms with Crippen LogP contribution in [0.4, 0.5) is 18.9 Å². The lowest BCUT2D eigenvalue weighted by Gasteiger charge is -2.39. The smallest absolute Gasteiger partial charge is 0.373 e. The second-order valence-corrected chi connectivity index (χ2v) is 6.47. The summed E-state index contributed by atoms with van der Waals surface area (Å²) in [5, 5.41) is 3.31. The molecule has 0 amide bonds. The van der Waals surface area contributed by atoms with Crippen molar-refractivity contribution < 1.29 is 13.2 Å². The van der Waals surface area contributed by atoms with Crippen LogP contribution in [0.15, 0.2) is 35.3 Å². The fraction of sp³-hybridized carbons (Fsp3) is 0.611. The molecule has 0 spiro atoms. The molecule has 0 bridgehead atoms. The number of nitrogens with one attached hydrogen (secondary N) is 1. The van der Waals surface area contributed by atoms with Crippen molar-refractivity contribution in [2.45, 2.75) is 19.1 Å². The number of alkyl halides is 3. The van der Waals surface area contributed by atoms with Crippen molar-refractivity contribution in [3.8, 4) is 0 Å². The monoisotopic (exact) mass is 371 g/mol. The molecular weight excluding hydrogens is 343 g/mol. The van der Waals surface area contributed by atoms with E-state index in [4.69, 9.17) is 0 Å². The van der Waals surface area contributed by atoms with Gasteiger partial charge in [-0.1, -0.05) is 18.2 Å². The number of hydrogen-bond donors (Lipinski definition) is 1. The first kappa shape index (κ1) is 20.4. The van der Waals surface area contributed by atoms with Gasteiger partial charge in [0.25, 0.3) is 0 Å². The fourth-order valence-corrected chi connectivity index (χ4v) is 3.01. The van der Waals surface area contributed by atoms with Gasteiger partial charge in [0.05, 0.1) is 0 Å². The van der Waals surface area contributed by atoms with Gasteiger partial charge in [-0.25, -0.2) is 0 Å². The second-order valence-electron chi connectivity index (χ2n) is 6.47. The van der Waals surface area contributed by atoms with Crippen molar-refractivity contribution in [1.82, 2.24) is 15.1 Å². The highest BCUT2D eigenvalue weighted by Crippen LogP contribution is 2.25. The standard InChI is InChI=1S/C18H28F3N5/c1-15(18(19,20)21)25-11-13-26(14-12-25)17(22-2)23-9-10-24(3)16-7-5-4-6-8-16/h4-8,15H,9-14H2,1-3H3,(H,22,23). The third-order valence-electron chi connectivity index (χ3n) is 4.77. The van der Waals surface area contributed by atoms with E-state index in [9.17, 15) is 13.2 Å². The lowest BCUT2D eigenvalue weighted by atomic mass is 10.2. The first-order valence-electron chi connectivity index (χ1n) is 8.85. The summed E-state index contributed by atoms with van der Waals surface area (Å²) in [6.07, 6.45) is -4.18. The minimum Gasteiger partial charge on any atom is -0.373 e. The maximum atomic E-state index is 12.8. The van der Waals surface area contributed by atoms with Gasteiger partial charge in [-0.3, -0.25) is 9.89 Å². The molecule has 2 rings (SSSR count). The minimum absolute atomic E-state index is 0.380. The summed E-state index contributed by atoms with van der Waals surface area (Å²) in [6.45, 7) is 4.56. The van der Waals surface area contributed by atoms with E-state index in [0.29, 0.717) is 32.7 Å². The summed E-state index contributed by atoms with van der Waals surface area (Å²) in [6, 6.07) is 8.68. The van der Waals surface area contributed by atoms with Crippen molar-refractivity contribution in [1.29, 1.82) is 0 Å². The Kier molecular flexibility index (Phi) is 7.14. The SMILES string of the molecule is CN=C(NCCN(C)c1ccccc1)N1CCN(C(C)C(F)(F)F)CC1. The van der Waals surface area contributed by atoms with Crippen molar-refractivity contribution in [3.63, 3.8) is 0 Å². The molecule has 0 saturated carbocycles. The first-order chi connectivity index (χ1) is 12.3. The summed E-state index contributed by atoms with van der Waals surface area (Å²) in [7, 11) is 3.73. The molecule has 0 aliphatic carbocycles. The molecule has 1 aliphatic heterocycles. The predicted octanol–water partition coefficient (Wildman–Crippen LogP) is 2.27. The van der Waals surface area contributed by atoms with Gasteiger partial charge in [0.2, 0.25) is 0 Å². The zero-order valence-corrected chi connectivity index (χ0v) is 15.6. The van der Waals surface area contributed by atoms with E-state index in [2.05, 4.69) is 27.3 Å². The van der Waals surface area contributed by atoms with Crippen LogP contribution in [-0.4, -0.2) is 81.3 Å². The molecule has 5 nitrogen and oxygen atoms in total. The highest BCUT2D eigenvalue weighted by atomic mass is 19.4. The Hall–Kier alpha value is -1.96. The molecule has 1 heterocycles. The molecule has 1 unspecified atom stereocenters. The Morgan fingerprint density at radius 1 is 1.19 bits per heavy atom. The maximum absolute atomic E-state index is 12.8. The largest absolute Gasteiger partial charge is 0.403 e. The normalized spacial score (nSPS) is 17.9. The fourth-order valence-electron chi connectivity index (χ4n) is 3.01. The number of para-hydroxylation sites is 1. The molecule has 1 fully saturated rings. The summed E-state index contributed by atoms with van der Waals surface area (Å²) >= 11 is 0. The quantitative estimate of drug-likeness (QED) is 0.636. The lowest BCUT2D eigenvalue weighted by molar-refractivity contribution is -0.181. The van der Waals surface area contributed by atoms with Crippen LogP contribution in [-0.2, 0) is 0 Å². The highest BCUT2D eigenvalue weighted by Gasteiger charge is 2.41. The molecule has 1 aromatic rings. The molecule has 0 radical (unpaired) electrons. The Morgan fingerprint density at radius 2 is 1.81 bits per heavy atom. The van der Waals surface area contributed by atoms with Gasteiger partial charge >= 0.3 is 6.18 Å². The maximum Gasteiger partial charge on any atom is 0.403 e. The van der Waals surface area contributed by atoms with Crippen LogP contribution in [0.1, 0.15) is 6.92 Å². The van der Waals surface area contributed by atoms with Crippen molar-refractivity contribution in [2.75, 3.05) is 58.3 Å². The zero-order valence-electron chi connectivity index (χ0n) is 15.6. The molecule has 146 valence electrons. The van der Waals surface area contributed by atoms with Crippen LogP contribution < -0.4 is 10.2 Å². The molecule has 1 atom stereocenters. The Bertz CT molecular complexity index is 568. The number of guanidine groups is 1. The Balaban J connectivity index is 1.78. The molecule has 1 aliphatic rings. The van der Waals surface area contributed by atoms with Crippen LogP contribution >= 0.6 is 0 Å². The van der Waals surface area contributed by atoms with E-state index < -0.39 is 12.2 Å². The third-order valence-corrected chi connectivity index (χ3v) is 4.77. The molecule has 1 N–H and O–H groups in total. The van der Waals surface area contributed by atoms with Crippen LogP contribution in [0, 0.1) is 0 Å². The molecule has 8 heteroatoms. The summed E-state index contributed by atoms with van der Waals surface area (Å²) in [5.41, 5.74) is 1.14. The van der Waals surface area contributed by atoms with E-state index in [1.54, 1.807) is 7.05 Å². The van der Waals surface area contributed by atoms with Gasteiger partial charge in [0.15, 0.2) is 5.96 Å². The third kappa shape index (κ3) is 5.52. The molecule has 1 aromatic carbocycles. The number of rotatable bonds is 5. The van der Waals surface area contributed by atoms with Gasteiger partial charge in [0, 0.05) is 59.1 Å². The number of aliphatic imine (C=N–C) groups is 1. The zero-order chi connectivity index (χ0) is 19.2. The van der Waals surface area contributed by atoms with Crippen LogP contribution in [0.3, 0.4) is 0 Å². The van der Waals surface area contributed by atoms with Crippen molar-refractivity contribution >= 4 is 11.6 Å². The second kappa shape index (κ2) is 9.12. The van der Waals surface area contributed by atoms with Crippen molar-refractivity contribution in [3.05, 3.63) is 30.3 Å². The van der Waals surface area contributed by atoms with E-state index >= 15 is 0 Å². The number of hydrogen-bond acceptors (Lipinski definition) is 3. The first-order valence-corrected chi connectivity index (χ1v) is 8.85. The summed E-state index contributed by atoms with van der Waals surface area (Å²) in [4.78, 5) is 9.91. The highest BCUT2D eigenvalue weighted by molar-refractivity contribution is 5.80. The van der Waals surface area contributed by atoms with E-state index in [1.165, 1.54) is 11.8 Å². The topological polar surface area (TPSA) is 34.1 Å². The van der Waals surface area contributed by atoms with Crippen LogP contribution in [0.25, 0.3) is 0 Å². The average molecular weight is 371 g/mol. The van der Waals surface area contributed by atoms with Gasteiger partial charge in [-0.2, -0.15) is 13.2 Å². The van der Waals surface area contributed by atoms with Gasteiger partial charge in [0.1, 0.15) is 6.04 Å². The van der Waals surface area contributed by atoms with Gasteiger partial charge < -0.3 is 15.1 Å². The summed E-state index contributed by atoms with van der Waals surface area (Å²) in [5.74, 6) is 0.741. The Labute approximate surface area is 153 Å². The number of likely N-dealkylation sites (N-methyl/N-ethyl adjacent to an activating group) is 1. The molecule has 0 aromatic heterocycles.